The number of esters is 1. The Hall–Kier alpha value is -3.14. The number of ether oxygens (including phenoxy) is 1. The molecule has 0 spiro atoms. The molecule has 30 heavy (non-hydrogen) atoms. The number of hydrogen-bond donors (Lipinski definition) is 0. The fraction of sp³-hybridized carbons (Fsp3) is 0.120. The van der Waals surface area contributed by atoms with Gasteiger partial charge in [-0.15, -0.1) is 0 Å². The van der Waals surface area contributed by atoms with Crippen LogP contribution >= 0.6 is 0 Å². The predicted octanol–water partition coefficient (Wildman–Crippen LogP) is 3.80. The molecule has 4 aromatic rings. The summed E-state index contributed by atoms with van der Waals surface area (Å²) in [7, 11) is 0. The second-order valence-corrected chi connectivity index (χ2v) is 9.04. The summed E-state index contributed by atoms with van der Waals surface area (Å²) in [6, 6.07) is 25.7. The molecule has 0 atom stereocenters. The van der Waals surface area contributed by atoms with Crippen molar-refractivity contribution in [3.63, 3.8) is 0 Å². The molecule has 0 radical (unpaired) electrons. The van der Waals surface area contributed by atoms with E-state index in [1.54, 1.807) is 30.5 Å². The fourth-order valence-corrected chi connectivity index (χ4v) is 5.84. The molecule has 0 N–H and O–H groups in total. The molecule has 5 heteroatoms. The number of carbonyl (C=O) groups is 2. The molecule has 4 rings (SSSR count). The Labute approximate surface area is 181 Å². The number of benzene rings is 3. The zero-order chi connectivity index (χ0) is 21.1. The van der Waals surface area contributed by atoms with E-state index in [-0.39, 0.29) is 26.8 Å². The first-order valence-corrected chi connectivity index (χ1v) is 11.5. The van der Waals surface area contributed by atoms with Crippen LogP contribution in [0.15, 0.2) is 78.9 Å². The van der Waals surface area contributed by atoms with Crippen molar-refractivity contribution < 1.29 is 14.3 Å². The molecule has 4 nitrogen and oxygen atoms in total. The van der Waals surface area contributed by atoms with Crippen LogP contribution < -0.4 is 8.92 Å². The molecule has 0 aliphatic rings. The third-order valence-electron chi connectivity index (χ3n) is 4.76. The summed E-state index contributed by atoms with van der Waals surface area (Å²) in [5.41, 5.74) is 3.06. The Bertz CT molecular complexity index is 1210. The van der Waals surface area contributed by atoms with Gasteiger partial charge in [0.25, 0.3) is 0 Å². The number of rotatable bonds is 5. The van der Waals surface area contributed by atoms with Crippen molar-refractivity contribution in [2.45, 2.75) is 13.8 Å². The average Bonchev–Trinajstić information content (AvgIpc) is 3.09. The first-order valence-electron chi connectivity index (χ1n) is 9.75. The molecule has 0 aliphatic heterocycles. The van der Waals surface area contributed by atoms with E-state index in [1.165, 1.54) is 4.46 Å². The van der Waals surface area contributed by atoms with Crippen LogP contribution in [0.3, 0.4) is 0 Å². The van der Waals surface area contributed by atoms with Crippen molar-refractivity contribution in [3.05, 3.63) is 84.4 Å². The van der Waals surface area contributed by atoms with Crippen molar-refractivity contribution in [2.24, 2.45) is 0 Å². The van der Waals surface area contributed by atoms with Crippen LogP contribution in [-0.2, 0) is 4.74 Å². The van der Waals surface area contributed by atoms with E-state index < -0.39 is 0 Å². The Morgan fingerprint density at radius 2 is 1.60 bits per heavy atom. The van der Waals surface area contributed by atoms with Gasteiger partial charge < -0.3 is 0 Å². The van der Waals surface area contributed by atoms with Gasteiger partial charge in [-0.2, -0.15) is 0 Å². The van der Waals surface area contributed by atoms with E-state index in [1.807, 2.05) is 54.6 Å². The third kappa shape index (κ3) is 3.82. The summed E-state index contributed by atoms with van der Waals surface area (Å²) < 4.78 is 9.24. The van der Waals surface area contributed by atoms with E-state index >= 15 is 0 Å². The number of fused-ring (bicyclic) bond motifs is 1. The first-order chi connectivity index (χ1) is 14.6. The fourth-order valence-electron chi connectivity index (χ4n) is 3.49. The molecule has 0 unspecified atom stereocenters. The summed E-state index contributed by atoms with van der Waals surface area (Å²) in [5, 5.41) is 0.987. The van der Waals surface area contributed by atoms with E-state index in [4.69, 9.17) is 4.74 Å². The van der Waals surface area contributed by atoms with E-state index in [0.29, 0.717) is 12.2 Å². The Morgan fingerprint density at radius 1 is 0.933 bits per heavy atom. The molecule has 0 saturated heterocycles. The summed E-state index contributed by atoms with van der Waals surface area (Å²) in [6.45, 7) is 3.65. The van der Waals surface area contributed by atoms with Crippen molar-refractivity contribution in [2.75, 3.05) is 6.61 Å². The summed E-state index contributed by atoms with van der Waals surface area (Å²) in [6.07, 6.45) is 0. The Kier molecular flexibility index (Phi) is 5.84. The maximum atomic E-state index is 12.8. The second kappa shape index (κ2) is 8.70. The molecule has 0 amide bonds. The maximum absolute atomic E-state index is 12.8. The SMILES string of the molecule is CCOC(=O)c1ccc2c([Se]c3ccccc3)c(-c3ccccc3)n(C(C)=O)c2c1. The average molecular weight is 462 g/mol. The van der Waals surface area contributed by atoms with Crippen LogP contribution in [0.5, 0.6) is 0 Å². The second-order valence-electron chi connectivity index (χ2n) is 6.77. The zero-order valence-electron chi connectivity index (χ0n) is 16.8. The van der Waals surface area contributed by atoms with Gasteiger partial charge in [-0.25, -0.2) is 0 Å². The minimum absolute atomic E-state index is 0.0170. The number of carbonyl (C=O) groups excluding carboxylic acids is 2. The summed E-state index contributed by atoms with van der Waals surface area (Å²) >= 11 is -0.0170. The number of aromatic nitrogens is 1. The molecular weight excluding hydrogens is 441 g/mol. The van der Waals surface area contributed by atoms with Crippen molar-refractivity contribution in [3.8, 4) is 11.3 Å². The van der Waals surface area contributed by atoms with Crippen LogP contribution in [0.1, 0.15) is 29.0 Å². The minimum atomic E-state index is -0.382. The molecule has 0 saturated carbocycles. The van der Waals surface area contributed by atoms with Crippen LogP contribution in [0.4, 0.5) is 0 Å². The first kappa shape index (κ1) is 20.1. The van der Waals surface area contributed by atoms with Gasteiger partial charge in [0.2, 0.25) is 0 Å². The van der Waals surface area contributed by atoms with Gasteiger partial charge in [0.15, 0.2) is 0 Å². The van der Waals surface area contributed by atoms with E-state index in [9.17, 15) is 9.59 Å². The van der Waals surface area contributed by atoms with Crippen LogP contribution in [0.2, 0.25) is 0 Å². The van der Waals surface area contributed by atoms with Gasteiger partial charge in [0, 0.05) is 0 Å². The topological polar surface area (TPSA) is 48.3 Å². The van der Waals surface area contributed by atoms with Gasteiger partial charge in [0.05, 0.1) is 0 Å². The van der Waals surface area contributed by atoms with E-state index in [0.717, 1.165) is 26.6 Å². The molecule has 1 aromatic heterocycles. The summed E-state index contributed by atoms with van der Waals surface area (Å²) in [4.78, 5) is 25.1. The monoisotopic (exact) mass is 463 g/mol. The predicted molar refractivity (Wildman–Crippen MR) is 121 cm³/mol. The van der Waals surface area contributed by atoms with Crippen LogP contribution in [0.25, 0.3) is 22.2 Å². The Balaban J connectivity index is 2.01. The van der Waals surface area contributed by atoms with Crippen molar-refractivity contribution >= 4 is 46.7 Å². The number of hydrogen-bond acceptors (Lipinski definition) is 3. The third-order valence-corrected chi connectivity index (χ3v) is 7.12. The molecule has 150 valence electrons. The van der Waals surface area contributed by atoms with Crippen LogP contribution in [0, 0.1) is 0 Å². The van der Waals surface area contributed by atoms with Crippen LogP contribution in [-0.4, -0.2) is 38.0 Å². The quantitative estimate of drug-likeness (QED) is 0.335. The zero-order valence-corrected chi connectivity index (χ0v) is 18.5. The molecule has 0 fully saturated rings. The number of nitrogens with zero attached hydrogens (tertiary/aromatic N) is 1. The van der Waals surface area contributed by atoms with Gasteiger partial charge in [-0.05, 0) is 0 Å². The molecule has 0 bridgehead atoms. The van der Waals surface area contributed by atoms with Gasteiger partial charge >= 0.3 is 182 Å². The standard InChI is InChI=1S/C25H21NO3Se/c1-3-29-25(28)19-14-15-21-22(16-19)26(17(2)27)23(18-10-6-4-7-11-18)24(21)30-20-12-8-5-9-13-20/h4-16H,3H2,1-2H3. The van der Waals surface area contributed by atoms with Gasteiger partial charge in [-0.3, -0.25) is 0 Å². The molecule has 1 heterocycles. The molecule has 3 aromatic carbocycles. The van der Waals surface area contributed by atoms with Gasteiger partial charge in [0.1, 0.15) is 0 Å². The molecular formula is C25H21NO3Se. The van der Waals surface area contributed by atoms with Crippen molar-refractivity contribution in [1.82, 2.24) is 4.57 Å². The Morgan fingerprint density at radius 3 is 2.23 bits per heavy atom. The molecule has 0 aliphatic carbocycles. The van der Waals surface area contributed by atoms with Gasteiger partial charge in [-0.1, -0.05) is 0 Å². The van der Waals surface area contributed by atoms with Crippen molar-refractivity contribution in [1.29, 1.82) is 0 Å². The van der Waals surface area contributed by atoms with E-state index in [2.05, 4.69) is 12.1 Å². The summed E-state index contributed by atoms with van der Waals surface area (Å²) in [5.74, 6) is -0.470. The normalized spacial score (nSPS) is 10.9.